The molecule has 1 N–H and O–H groups in total. The van der Waals surface area contributed by atoms with Gasteiger partial charge in [-0.25, -0.2) is 4.99 Å². The second-order valence-electron chi connectivity index (χ2n) is 17.8. The quantitative estimate of drug-likeness (QED) is 0.178. The highest BCUT2D eigenvalue weighted by Crippen LogP contribution is 2.45. The molecule has 1 atom stereocenters. The van der Waals surface area contributed by atoms with E-state index < -0.39 is 6.17 Å². The molecule has 0 saturated carbocycles. The maximum atomic E-state index is 5.51. The van der Waals surface area contributed by atoms with Gasteiger partial charge in [0.05, 0.1) is 38.8 Å². The summed E-state index contributed by atoms with van der Waals surface area (Å²) in [6.45, 7) is 0. The SMILES string of the molecule is c1ccc(-c2ccc(C3=NC(c4ccccc4)NC(n4c5ccccc5c5ccc6c7ccccc7n(-c7cc8c9ccccc9n(-c9ccccc9)c8cc7-c7ccccc7)c6c54)=N3)cc2)cc1. The van der Waals surface area contributed by atoms with Crippen LogP contribution in [0.15, 0.2) is 253 Å². The molecular weight excluding hydrogens is 841 g/mol. The van der Waals surface area contributed by atoms with Gasteiger partial charge in [0, 0.05) is 49.1 Å². The minimum atomic E-state index is -0.391. The molecule has 0 amide bonds. The van der Waals surface area contributed by atoms with Crippen LogP contribution in [0.4, 0.5) is 0 Å². The maximum absolute atomic E-state index is 5.51. The van der Waals surface area contributed by atoms with Crippen molar-refractivity contribution in [3.05, 3.63) is 254 Å². The zero-order valence-electron chi connectivity index (χ0n) is 37.4. The Morgan fingerprint density at radius 3 is 1.46 bits per heavy atom. The predicted octanol–water partition coefficient (Wildman–Crippen LogP) is 15.3. The Kier molecular flexibility index (Phi) is 8.86. The van der Waals surface area contributed by atoms with Gasteiger partial charge in [-0.1, -0.05) is 200 Å². The van der Waals surface area contributed by atoms with E-state index in [1.807, 2.05) is 0 Å². The van der Waals surface area contributed by atoms with Gasteiger partial charge in [0.15, 0.2) is 5.84 Å². The third-order valence-electron chi connectivity index (χ3n) is 13.9. The smallest absolute Gasteiger partial charge is 0.212 e. The molecule has 0 saturated heterocycles. The van der Waals surface area contributed by atoms with Crippen LogP contribution in [0.5, 0.6) is 0 Å². The number of nitrogens with zero attached hydrogens (tertiary/aromatic N) is 5. The number of nitrogens with one attached hydrogen (secondary N) is 1. The molecule has 0 radical (unpaired) electrons. The summed E-state index contributed by atoms with van der Waals surface area (Å²) in [5, 5.41) is 10.9. The Bertz CT molecular complexity index is 4180. The van der Waals surface area contributed by atoms with E-state index in [9.17, 15) is 0 Å². The number of rotatable bonds is 6. The summed E-state index contributed by atoms with van der Waals surface area (Å²) in [5.41, 5.74) is 15.5. The number of hydrogen-bond donors (Lipinski definition) is 1. The molecule has 6 nitrogen and oxygen atoms in total. The monoisotopic (exact) mass is 882 g/mol. The molecule has 0 aliphatic carbocycles. The van der Waals surface area contributed by atoms with Crippen LogP contribution in [-0.2, 0) is 0 Å². The highest BCUT2D eigenvalue weighted by molar-refractivity contribution is 6.27. The normalized spacial score (nSPS) is 13.9. The molecule has 13 aromatic rings. The summed E-state index contributed by atoms with van der Waals surface area (Å²) in [5.74, 6) is 1.38. The molecule has 324 valence electrons. The van der Waals surface area contributed by atoms with Gasteiger partial charge in [0.2, 0.25) is 5.96 Å². The van der Waals surface area contributed by atoms with Crippen molar-refractivity contribution in [2.45, 2.75) is 6.17 Å². The van der Waals surface area contributed by atoms with E-state index in [1.165, 1.54) is 27.2 Å². The van der Waals surface area contributed by atoms with Crippen molar-refractivity contribution in [1.82, 2.24) is 19.0 Å². The number of aromatic nitrogens is 3. The van der Waals surface area contributed by atoms with Crippen molar-refractivity contribution < 1.29 is 0 Å². The van der Waals surface area contributed by atoms with Crippen LogP contribution in [-0.4, -0.2) is 25.5 Å². The van der Waals surface area contributed by atoms with Crippen LogP contribution in [0.2, 0.25) is 0 Å². The number of hydrogen-bond acceptors (Lipinski definition) is 3. The van der Waals surface area contributed by atoms with E-state index in [0.717, 1.165) is 82.9 Å². The third kappa shape index (κ3) is 6.19. The van der Waals surface area contributed by atoms with Gasteiger partial charge in [-0.15, -0.1) is 0 Å². The largest absolute Gasteiger partial charge is 0.330 e. The first kappa shape index (κ1) is 39.0. The molecule has 10 aromatic carbocycles. The van der Waals surface area contributed by atoms with E-state index in [2.05, 4.69) is 262 Å². The topological polar surface area (TPSA) is 51.5 Å². The fourth-order valence-electron chi connectivity index (χ4n) is 10.8. The lowest BCUT2D eigenvalue weighted by Gasteiger charge is -2.25. The maximum Gasteiger partial charge on any atom is 0.212 e. The van der Waals surface area contributed by atoms with Gasteiger partial charge in [-0.2, -0.15) is 4.99 Å². The molecule has 3 aromatic heterocycles. The molecule has 14 rings (SSSR count). The summed E-state index contributed by atoms with van der Waals surface area (Å²) in [7, 11) is 0. The summed E-state index contributed by atoms with van der Waals surface area (Å²) < 4.78 is 7.29. The van der Waals surface area contributed by atoms with Crippen LogP contribution >= 0.6 is 0 Å². The fourth-order valence-corrected chi connectivity index (χ4v) is 10.8. The lowest BCUT2D eigenvalue weighted by Crippen LogP contribution is -2.37. The zero-order chi connectivity index (χ0) is 45.4. The zero-order valence-corrected chi connectivity index (χ0v) is 37.4. The highest BCUT2D eigenvalue weighted by Gasteiger charge is 2.28. The van der Waals surface area contributed by atoms with Gasteiger partial charge >= 0.3 is 0 Å². The van der Waals surface area contributed by atoms with Gasteiger partial charge in [0.1, 0.15) is 6.17 Å². The molecular formula is C63H42N6. The molecule has 1 unspecified atom stereocenters. The number of aliphatic imine (C=N–C) groups is 2. The van der Waals surface area contributed by atoms with Crippen molar-refractivity contribution in [2.75, 3.05) is 0 Å². The minimum absolute atomic E-state index is 0.391. The number of amidine groups is 1. The molecule has 4 heterocycles. The molecule has 69 heavy (non-hydrogen) atoms. The van der Waals surface area contributed by atoms with Gasteiger partial charge in [0.25, 0.3) is 0 Å². The van der Waals surface area contributed by atoms with Crippen molar-refractivity contribution in [1.29, 1.82) is 0 Å². The Morgan fingerprint density at radius 1 is 0.348 bits per heavy atom. The van der Waals surface area contributed by atoms with Crippen molar-refractivity contribution >= 4 is 77.2 Å². The summed E-state index contributed by atoms with van der Waals surface area (Å²) >= 11 is 0. The fraction of sp³-hybridized carbons (Fsp3) is 0.0159. The molecule has 1 aliphatic heterocycles. The van der Waals surface area contributed by atoms with E-state index in [1.54, 1.807) is 0 Å². The van der Waals surface area contributed by atoms with E-state index in [4.69, 9.17) is 9.98 Å². The standard InChI is InChI=1S/C63H42N6/c1-5-19-41(20-6-1)42-33-35-45(36-34-42)62-64-61(44-23-9-3-10-24-44)65-63(66-62)69-56-32-18-14-28-48(56)51-38-37-50-47-27-13-17-31-55(47)68(59(50)60(51)69)57-40-53-49-29-15-16-30-54(49)67(46-25-11-4-12-26-46)58(53)39-52(57)43-21-7-2-8-22-43/h1-40,61H,(H,64,65,66). The molecule has 0 spiro atoms. The van der Waals surface area contributed by atoms with Gasteiger partial charge in [-0.3, -0.25) is 4.57 Å². The minimum Gasteiger partial charge on any atom is -0.330 e. The van der Waals surface area contributed by atoms with Crippen LogP contribution in [0.25, 0.3) is 99.0 Å². The summed E-state index contributed by atoms with van der Waals surface area (Å²) in [6.07, 6.45) is -0.391. The summed E-state index contributed by atoms with van der Waals surface area (Å²) in [4.78, 5) is 10.8. The second kappa shape index (κ2) is 15.7. The first-order valence-corrected chi connectivity index (χ1v) is 23.5. The Hall–Kier alpha value is -9.26. The first-order chi connectivity index (χ1) is 34.2. The van der Waals surface area contributed by atoms with E-state index in [-0.39, 0.29) is 0 Å². The first-order valence-electron chi connectivity index (χ1n) is 23.5. The summed E-state index contributed by atoms with van der Waals surface area (Å²) in [6, 6.07) is 87.0. The lowest BCUT2D eigenvalue weighted by atomic mass is 10.0. The van der Waals surface area contributed by atoms with Crippen LogP contribution in [0.3, 0.4) is 0 Å². The Labute approximate surface area is 398 Å². The third-order valence-corrected chi connectivity index (χ3v) is 13.9. The highest BCUT2D eigenvalue weighted by atomic mass is 15.3. The Morgan fingerprint density at radius 2 is 0.826 bits per heavy atom. The van der Waals surface area contributed by atoms with Crippen LogP contribution < -0.4 is 5.32 Å². The second-order valence-corrected chi connectivity index (χ2v) is 17.8. The number of benzene rings is 10. The Balaban J connectivity index is 1.08. The molecule has 1 aliphatic rings. The van der Waals surface area contributed by atoms with Gasteiger partial charge < -0.3 is 14.5 Å². The molecule has 0 bridgehead atoms. The van der Waals surface area contributed by atoms with Crippen molar-refractivity contribution in [3.8, 4) is 33.6 Å². The molecule has 0 fully saturated rings. The molecule has 6 heteroatoms. The van der Waals surface area contributed by atoms with Crippen LogP contribution in [0, 0.1) is 0 Å². The number of fused-ring (bicyclic) bond motifs is 10. The number of para-hydroxylation sites is 4. The van der Waals surface area contributed by atoms with Gasteiger partial charge in [-0.05, 0) is 64.7 Å². The predicted molar refractivity (Wildman–Crippen MR) is 287 cm³/mol. The average molecular weight is 883 g/mol. The van der Waals surface area contributed by atoms with Crippen molar-refractivity contribution in [3.63, 3.8) is 0 Å². The average Bonchev–Trinajstić information content (AvgIpc) is 4.07. The lowest BCUT2D eigenvalue weighted by molar-refractivity contribution is 0.661. The van der Waals surface area contributed by atoms with Crippen molar-refractivity contribution in [2.24, 2.45) is 9.98 Å². The van der Waals surface area contributed by atoms with E-state index in [0.29, 0.717) is 11.8 Å². The van der Waals surface area contributed by atoms with E-state index >= 15 is 0 Å². The van der Waals surface area contributed by atoms with Crippen LogP contribution in [0.1, 0.15) is 17.3 Å².